The Morgan fingerprint density at radius 1 is 0.358 bits per heavy atom. The minimum atomic E-state index is -4.94. The lowest BCUT2D eigenvalue weighted by atomic mass is 10.00. The number of carbonyl (C=O) groups is 4. The molecule has 3 unspecified atom stereocenters. The Bertz CT molecular complexity index is 1620. The first kappa shape index (κ1) is 79.1. The number of unbranched alkanes of at least 4 members (excludes halogenated alkanes) is 27. The van der Waals surface area contributed by atoms with Crippen LogP contribution in [0.4, 0.5) is 0 Å². The number of esters is 4. The van der Waals surface area contributed by atoms with E-state index in [-0.39, 0.29) is 25.7 Å². The van der Waals surface area contributed by atoms with Crippen molar-refractivity contribution >= 4 is 39.5 Å². The fraction of sp³-hybridized carbons (Fsp3) is 0.935. The summed E-state index contributed by atoms with van der Waals surface area (Å²) in [6, 6.07) is 0. The van der Waals surface area contributed by atoms with Gasteiger partial charge in [0.05, 0.1) is 26.4 Å². The number of hydrogen-bond acceptors (Lipinski definition) is 15. The number of hydrogen-bond donors (Lipinski definition) is 3. The van der Waals surface area contributed by atoms with Gasteiger partial charge in [-0.15, -0.1) is 0 Å². The fourth-order valence-electron chi connectivity index (χ4n) is 9.09. The van der Waals surface area contributed by atoms with E-state index in [1.165, 1.54) is 96.3 Å². The molecule has 0 aromatic rings. The molecule has 17 nitrogen and oxygen atoms in total. The molecule has 3 N–H and O–H groups in total. The summed E-state index contributed by atoms with van der Waals surface area (Å²) in [5, 5.41) is 10.5. The van der Waals surface area contributed by atoms with E-state index in [1.807, 2.05) is 0 Å². The van der Waals surface area contributed by atoms with Crippen molar-refractivity contribution in [2.75, 3.05) is 39.6 Å². The van der Waals surface area contributed by atoms with Crippen LogP contribution in [0.15, 0.2) is 0 Å². The number of rotatable bonds is 60. The Morgan fingerprint density at radius 2 is 0.630 bits per heavy atom. The molecule has 480 valence electrons. The average molecular weight is 1200 g/mol. The zero-order valence-electron chi connectivity index (χ0n) is 52.2. The maximum Gasteiger partial charge on any atom is 0.472 e. The molecule has 0 rings (SSSR count). The van der Waals surface area contributed by atoms with Crippen molar-refractivity contribution < 1.29 is 80.2 Å². The van der Waals surface area contributed by atoms with Gasteiger partial charge in [-0.2, -0.15) is 0 Å². The van der Waals surface area contributed by atoms with E-state index in [4.69, 9.17) is 37.0 Å². The molecule has 0 fully saturated rings. The lowest BCUT2D eigenvalue weighted by Crippen LogP contribution is -2.30. The molecule has 0 aliphatic carbocycles. The van der Waals surface area contributed by atoms with E-state index in [9.17, 15) is 43.2 Å². The maximum atomic E-state index is 12.9. The lowest BCUT2D eigenvalue weighted by molar-refractivity contribution is -0.161. The number of phosphoric ester groups is 2. The number of phosphoric acid groups is 2. The van der Waals surface area contributed by atoms with E-state index >= 15 is 0 Å². The third-order valence-electron chi connectivity index (χ3n) is 14.5. The van der Waals surface area contributed by atoms with Crippen molar-refractivity contribution in [3.63, 3.8) is 0 Å². The molecule has 0 aromatic heterocycles. The minimum Gasteiger partial charge on any atom is -0.462 e. The number of ether oxygens (including phenoxy) is 4. The summed E-state index contributed by atoms with van der Waals surface area (Å²) in [4.78, 5) is 72.1. The second-order valence-corrected chi connectivity index (χ2v) is 26.5. The summed E-state index contributed by atoms with van der Waals surface area (Å²) in [6.45, 7) is 11.6. The third kappa shape index (κ3) is 55.7. The molecule has 0 saturated heterocycles. The monoisotopic (exact) mass is 1200 g/mol. The summed E-state index contributed by atoms with van der Waals surface area (Å²) in [7, 11) is -9.88. The SMILES string of the molecule is CCCCCCCCCCCCCC(=O)O[C@H](COC(=O)CCCCCCCCCC(C)C)COP(=O)(O)OC[C@@H](O)COP(=O)(O)OC[C@@H](COC(=O)CCCCCCCCC(C)CC)OC(=O)CCCCCCCCCC(C)C. The highest BCUT2D eigenvalue weighted by molar-refractivity contribution is 7.47. The molecule has 0 bridgehead atoms. The van der Waals surface area contributed by atoms with Crippen LogP contribution in [0, 0.1) is 17.8 Å². The third-order valence-corrected chi connectivity index (χ3v) is 16.4. The Balaban J connectivity index is 5.25. The van der Waals surface area contributed by atoms with Crippen LogP contribution in [0.25, 0.3) is 0 Å². The van der Waals surface area contributed by atoms with Gasteiger partial charge in [-0.05, 0) is 43.4 Å². The van der Waals surface area contributed by atoms with Gasteiger partial charge >= 0.3 is 39.5 Å². The Kier molecular flexibility index (Phi) is 52.2. The molecule has 0 heterocycles. The van der Waals surface area contributed by atoms with Crippen molar-refractivity contribution in [1.82, 2.24) is 0 Å². The van der Waals surface area contributed by atoms with Crippen LogP contribution in [0.5, 0.6) is 0 Å². The van der Waals surface area contributed by atoms with Gasteiger partial charge in [-0.1, -0.05) is 248 Å². The molecule has 19 heteroatoms. The van der Waals surface area contributed by atoms with E-state index in [1.54, 1.807) is 0 Å². The zero-order chi connectivity index (χ0) is 60.3. The van der Waals surface area contributed by atoms with Crippen molar-refractivity contribution in [2.45, 2.75) is 317 Å². The predicted molar refractivity (Wildman–Crippen MR) is 321 cm³/mol. The highest BCUT2D eigenvalue weighted by Gasteiger charge is 2.30. The largest absolute Gasteiger partial charge is 0.472 e. The van der Waals surface area contributed by atoms with E-state index in [2.05, 4.69) is 48.5 Å². The lowest BCUT2D eigenvalue weighted by Gasteiger charge is -2.21. The van der Waals surface area contributed by atoms with Crippen LogP contribution in [0.1, 0.15) is 299 Å². The molecule has 0 radical (unpaired) electrons. The number of aliphatic hydroxyl groups excluding tert-OH is 1. The second kappa shape index (κ2) is 53.5. The topological polar surface area (TPSA) is 237 Å². The minimum absolute atomic E-state index is 0.102. The highest BCUT2D eigenvalue weighted by atomic mass is 31.2. The second-order valence-electron chi connectivity index (χ2n) is 23.6. The molecule has 0 aliphatic rings. The summed E-state index contributed by atoms with van der Waals surface area (Å²) >= 11 is 0. The average Bonchev–Trinajstić information content (AvgIpc) is 3.42. The summed E-state index contributed by atoms with van der Waals surface area (Å²) in [5.74, 6) is -0.00968. The molecule has 0 spiro atoms. The van der Waals surface area contributed by atoms with Crippen molar-refractivity contribution in [3.05, 3.63) is 0 Å². The fourth-order valence-corrected chi connectivity index (χ4v) is 10.7. The smallest absolute Gasteiger partial charge is 0.462 e. The van der Waals surface area contributed by atoms with Gasteiger partial charge < -0.3 is 33.8 Å². The van der Waals surface area contributed by atoms with Crippen LogP contribution >= 0.6 is 15.6 Å². The van der Waals surface area contributed by atoms with Gasteiger partial charge in [-0.25, -0.2) is 9.13 Å². The van der Waals surface area contributed by atoms with Gasteiger partial charge in [-0.3, -0.25) is 37.3 Å². The van der Waals surface area contributed by atoms with E-state index in [0.717, 1.165) is 109 Å². The highest BCUT2D eigenvalue weighted by Crippen LogP contribution is 2.45. The first-order chi connectivity index (χ1) is 38.8. The van der Waals surface area contributed by atoms with Gasteiger partial charge in [0, 0.05) is 25.7 Å². The van der Waals surface area contributed by atoms with Crippen LogP contribution < -0.4 is 0 Å². The van der Waals surface area contributed by atoms with Crippen molar-refractivity contribution in [1.29, 1.82) is 0 Å². The van der Waals surface area contributed by atoms with E-state index < -0.39 is 97.5 Å². The van der Waals surface area contributed by atoms with Gasteiger partial charge in [0.2, 0.25) is 0 Å². The first-order valence-corrected chi connectivity index (χ1v) is 35.4. The summed E-state index contributed by atoms with van der Waals surface area (Å²) in [5.41, 5.74) is 0. The normalized spacial score (nSPS) is 14.8. The first-order valence-electron chi connectivity index (χ1n) is 32.4. The molecule has 81 heavy (non-hydrogen) atoms. The Hall–Kier alpha value is -1.94. The molecular weight excluding hydrogens is 1080 g/mol. The molecule has 0 aliphatic heterocycles. The van der Waals surface area contributed by atoms with Crippen LogP contribution in [0.2, 0.25) is 0 Å². The molecule has 0 aromatic carbocycles. The van der Waals surface area contributed by atoms with E-state index in [0.29, 0.717) is 37.5 Å². The van der Waals surface area contributed by atoms with Crippen LogP contribution in [-0.4, -0.2) is 96.7 Å². The number of carbonyl (C=O) groups excluding carboxylic acids is 4. The van der Waals surface area contributed by atoms with Gasteiger partial charge in [0.25, 0.3) is 0 Å². The van der Waals surface area contributed by atoms with Gasteiger partial charge in [0.15, 0.2) is 12.2 Å². The number of aliphatic hydroxyl groups is 1. The predicted octanol–water partition coefficient (Wildman–Crippen LogP) is 16.7. The molecule has 6 atom stereocenters. The zero-order valence-corrected chi connectivity index (χ0v) is 54.0. The Labute approximate surface area is 492 Å². The maximum absolute atomic E-state index is 12.9. The van der Waals surface area contributed by atoms with Gasteiger partial charge in [0.1, 0.15) is 19.3 Å². The molecule has 0 amide bonds. The Morgan fingerprint density at radius 3 is 0.938 bits per heavy atom. The summed E-state index contributed by atoms with van der Waals surface area (Å²) in [6.07, 6.45) is 33.6. The van der Waals surface area contributed by atoms with Crippen LogP contribution in [-0.2, 0) is 65.4 Å². The molecular formula is C62H120O17P2. The summed E-state index contributed by atoms with van der Waals surface area (Å²) < 4.78 is 67.9. The quantitative estimate of drug-likeness (QED) is 0.0222. The molecule has 0 saturated carbocycles. The standard InChI is InChI=1S/C62H120O17P2/c1-8-10-11-12-13-14-15-16-21-31-38-45-61(66)78-57(49-72-59(64)43-36-29-22-17-19-26-33-40-53(3)4)51-76-80(68,69)74-47-56(63)48-75-81(70,71)77-52-58(79-62(67)46-39-32-23-18-20-27-34-41-54(5)6)50-73-60(65)44-37-30-25-24-28-35-42-55(7)9-2/h53-58,63H,8-52H2,1-7H3,(H,68,69)(H,70,71)/t55?,56-,57-,58-/m1/s1. The van der Waals surface area contributed by atoms with Crippen LogP contribution in [0.3, 0.4) is 0 Å². The van der Waals surface area contributed by atoms with Crippen molar-refractivity contribution in [3.8, 4) is 0 Å². The van der Waals surface area contributed by atoms with Crippen molar-refractivity contribution in [2.24, 2.45) is 17.8 Å².